The van der Waals surface area contributed by atoms with Crippen molar-refractivity contribution in [1.29, 1.82) is 0 Å². The molecule has 0 bridgehead atoms. The van der Waals surface area contributed by atoms with Crippen molar-refractivity contribution in [2.24, 2.45) is 0 Å². The standard InChI is InChI=1S/C19H24ClN3O/c1-22-10-8-17(9-11-22)23(12-7-15-5-3-2-4-6-15)19(24)18-13-16(20)14-21-18/h2-6,13-14,17,21H,7-12H2,1H3. The first kappa shape index (κ1) is 17.1. The van der Waals surface area contributed by atoms with Crippen LogP contribution in [0.5, 0.6) is 0 Å². The lowest BCUT2D eigenvalue weighted by molar-refractivity contribution is 0.0589. The highest BCUT2D eigenvalue weighted by Crippen LogP contribution is 2.20. The van der Waals surface area contributed by atoms with E-state index in [0.717, 1.165) is 38.9 Å². The predicted molar refractivity (Wildman–Crippen MR) is 97.5 cm³/mol. The van der Waals surface area contributed by atoms with Gasteiger partial charge in [-0.15, -0.1) is 0 Å². The molecule has 0 aliphatic carbocycles. The van der Waals surface area contributed by atoms with E-state index in [1.54, 1.807) is 12.3 Å². The van der Waals surface area contributed by atoms with Crippen LogP contribution < -0.4 is 0 Å². The molecule has 1 aliphatic rings. The van der Waals surface area contributed by atoms with E-state index in [1.807, 2.05) is 23.1 Å². The van der Waals surface area contributed by atoms with Gasteiger partial charge in [-0.1, -0.05) is 41.9 Å². The van der Waals surface area contributed by atoms with Crippen LogP contribution in [-0.2, 0) is 6.42 Å². The number of benzene rings is 1. The first-order chi connectivity index (χ1) is 11.6. The molecule has 2 aromatic rings. The van der Waals surface area contributed by atoms with Crippen LogP contribution in [0.2, 0.25) is 5.02 Å². The first-order valence-corrected chi connectivity index (χ1v) is 8.88. The third-order valence-electron chi connectivity index (χ3n) is 4.75. The molecule has 1 aromatic heterocycles. The molecule has 0 unspecified atom stereocenters. The molecule has 1 saturated heterocycles. The Morgan fingerprint density at radius 2 is 2.00 bits per heavy atom. The van der Waals surface area contributed by atoms with Crippen LogP contribution in [0.15, 0.2) is 42.6 Å². The maximum atomic E-state index is 13.0. The van der Waals surface area contributed by atoms with Gasteiger partial charge in [-0.2, -0.15) is 0 Å². The Kier molecular flexibility index (Phi) is 5.59. The van der Waals surface area contributed by atoms with Crippen LogP contribution in [0.4, 0.5) is 0 Å². The number of hydrogen-bond acceptors (Lipinski definition) is 2. The lowest BCUT2D eigenvalue weighted by Crippen LogP contribution is -2.47. The molecular weight excluding hydrogens is 322 g/mol. The number of piperidine rings is 1. The average Bonchev–Trinajstić information content (AvgIpc) is 3.04. The summed E-state index contributed by atoms with van der Waals surface area (Å²) in [5, 5.41) is 0.574. The number of rotatable bonds is 5. The summed E-state index contributed by atoms with van der Waals surface area (Å²) >= 11 is 5.98. The molecule has 0 saturated carbocycles. The van der Waals surface area contributed by atoms with E-state index in [1.165, 1.54) is 5.56 Å². The van der Waals surface area contributed by atoms with Gasteiger partial charge in [0.25, 0.3) is 5.91 Å². The molecule has 128 valence electrons. The molecule has 2 heterocycles. The Bertz CT molecular complexity index is 662. The predicted octanol–water partition coefficient (Wildman–Crippen LogP) is 3.45. The van der Waals surface area contributed by atoms with Crippen molar-refractivity contribution in [2.45, 2.75) is 25.3 Å². The number of nitrogens with zero attached hydrogens (tertiary/aromatic N) is 2. The lowest BCUT2D eigenvalue weighted by Gasteiger charge is -2.37. The van der Waals surface area contributed by atoms with Crippen molar-refractivity contribution in [1.82, 2.24) is 14.8 Å². The van der Waals surface area contributed by atoms with E-state index in [4.69, 9.17) is 11.6 Å². The number of aromatic nitrogens is 1. The highest BCUT2D eigenvalue weighted by atomic mass is 35.5. The molecule has 0 radical (unpaired) electrons. The second kappa shape index (κ2) is 7.86. The molecule has 1 N–H and O–H groups in total. The minimum absolute atomic E-state index is 0.0485. The summed E-state index contributed by atoms with van der Waals surface area (Å²) in [5.41, 5.74) is 1.83. The van der Waals surface area contributed by atoms with Crippen molar-refractivity contribution < 1.29 is 4.79 Å². The van der Waals surface area contributed by atoms with Gasteiger partial charge in [-0.05, 0) is 51.0 Å². The molecular formula is C19H24ClN3O. The van der Waals surface area contributed by atoms with Crippen molar-refractivity contribution in [3.63, 3.8) is 0 Å². The fourth-order valence-electron chi connectivity index (χ4n) is 3.30. The van der Waals surface area contributed by atoms with E-state index < -0.39 is 0 Å². The zero-order valence-corrected chi connectivity index (χ0v) is 14.8. The van der Waals surface area contributed by atoms with Crippen molar-refractivity contribution in [3.8, 4) is 0 Å². The van der Waals surface area contributed by atoms with Gasteiger partial charge in [0.2, 0.25) is 0 Å². The fraction of sp³-hybridized carbons (Fsp3) is 0.421. The van der Waals surface area contributed by atoms with Gasteiger partial charge in [0.15, 0.2) is 0 Å². The normalized spacial score (nSPS) is 16.2. The van der Waals surface area contributed by atoms with E-state index in [-0.39, 0.29) is 5.91 Å². The number of halogens is 1. The summed E-state index contributed by atoms with van der Waals surface area (Å²) < 4.78 is 0. The molecule has 5 heteroatoms. The highest BCUT2D eigenvalue weighted by molar-refractivity contribution is 6.30. The van der Waals surface area contributed by atoms with E-state index in [2.05, 4.69) is 29.1 Å². The van der Waals surface area contributed by atoms with Gasteiger partial charge in [-0.3, -0.25) is 4.79 Å². The Morgan fingerprint density at radius 1 is 1.29 bits per heavy atom. The van der Waals surface area contributed by atoms with Crippen LogP contribution in [-0.4, -0.2) is 53.4 Å². The van der Waals surface area contributed by atoms with Gasteiger partial charge in [0, 0.05) is 18.8 Å². The molecule has 1 amide bonds. The van der Waals surface area contributed by atoms with Gasteiger partial charge >= 0.3 is 0 Å². The second-order valence-electron chi connectivity index (χ2n) is 6.50. The van der Waals surface area contributed by atoms with Crippen LogP contribution in [0.3, 0.4) is 0 Å². The maximum absolute atomic E-state index is 13.0. The quantitative estimate of drug-likeness (QED) is 0.901. The van der Waals surface area contributed by atoms with Crippen molar-refractivity contribution >= 4 is 17.5 Å². The number of amides is 1. The van der Waals surface area contributed by atoms with Crippen LogP contribution in [0, 0.1) is 0 Å². The fourth-order valence-corrected chi connectivity index (χ4v) is 3.46. The minimum atomic E-state index is 0.0485. The van der Waals surface area contributed by atoms with Gasteiger partial charge in [0.1, 0.15) is 5.69 Å². The number of likely N-dealkylation sites (tertiary alicyclic amines) is 1. The van der Waals surface area contributed by atoms with Gasteiger partial charge in [0.05, 0.1) is 5.02 Å². The Hall–Kier alpha value is -1.78. The summed E-state index contributed by atoms with van der Waals surface area (Å²) in [4.78, 5) is 20.3. The van der Waals surface area contributed by atoms with Crippen molar-refractivity contribution in [3.05, 3.63) is 58.9 Å². The van der Waals surface area contributed by atoms with E-state index in [0.29, 0.717) is 16.8 Å². The zero-order valence-electron chi connectivity index (χ0n) is 14.0. The molecule has 3 rings (SSSR count). The number of aromatic amines is 1. The average molecular weight is 346 g/mol. The number of hydrogen-bond donors (Lipinski definition) is 1. The Balaban J connectivity index is 1.74. The van der Waals surface area contributed by atoms with Crippen molar-refractivity contribution in [2.75, 3.05) is 26.7 Å². The SMILES string of the molecule is CN1CCC(N(CCc2ccccc2)C(=O)c2cc(Cl)c[nH]2)CC1. The summed E-state index contributed by atoms with van der Waals surface area (Å²) in [5.74, 6) is 0.0485. The molecule has 1 fully saturated rings. The number of nitrogens with one attached hydrogen (secondary N) is 1. The molecule has 4 nitrogen and oxygen atoms in total. The molecule has 0 atom stereocenters. The summed E-state index contributed by atoms with van der Waals surface area (Å²) in [6.45, 7) is 2.80. The number of H-pyrrole nitrogens is 1. The molecule has 0 spiro atoms. The summed E-state index contributed by atoms with van der Waals surface area (Å²) in [6.07, 6.45) is 4.57. The van der Waals surface area contributed by atoms with Crippen LogP contribution >= 0.6 is 11.6 Å². The smallest absolute Gasteiger partial charge is 0.270 e. The molecule has 1 aliphatic heterocycles. The first-order valence-electron chi connectivity index (χ1n) is 8.51. The van der Waals surface area contributed by atoms with E-state index >= 15 is 0 Å². The Morgan fingerprint density at radius 3 is 2.62 bits per heavy atom. The summed E-state index contributed by atoms with van der Waals surface area (Å²) in [7, 11) is 2.14. The third-order valence-corrected chi connectivity index (χ3v) is 4.97. The van der Waals surface area contributed by atoms with Crippen LogP contribution in [0.1, 0.15) is 28.9 Å². The minimum Gasteiger partial charge on any atom is -0.356 e. The monoisotopic (exact) mass is 345 g/mol. The number of carbonyl (C=O) groups is 1. The third kappa shape index (κ3) is 4.19. The van der Waals surface area contributed by atoms with Gasteiger partial charge in [-0.25, -0.2) is 0 Å². The largest absolute Gasteiger partial charge is 0.356 e. The maximum Gasteiger partial charge on any atom is 0.270 e. The number of carbonyl (C=O) groups excluding carboxylic acids is 1. The zero-order chi connectivity index (χ0) is 16.9. The lowest BCUT2D eigenvalue weighted by atomic mass is 10.0. The Labute approximate surface area is 148 Å². The topological polar surface area (TPSA) is 39.3 Å². The molecule has 24 heavy (non-hydrogen) atoms. The summed E-state index contributed by atoms with van der Waals surface area (Å²) in [6, 6.07) is 12.3. The second-order valence-corrected chi connectivity index (χ2v) is 6.94. The highest BCUT2D eigenvalue weighted by Gasteiger charge is 2.28. The van der Waals surface area contributed by atoms with Crippen LogP contribution in [0.25, 0.3) is 0 Å². The van der Waals surface area contributed by atoms with Gasteiger partial charge < -0.3 is 14.8 Å². The molecule has 1 aromatic carbocycles. The van der Waals surface area contributed by atoms with E-state index in [9.17, 15) is 4.79 Å².